The highest BCUT2D eigenvalue weighted by atomic mass is 16.5. The Morgan fingerprint density at radius 3 is 2.25 bits per heavy atom. The van der Waals surface area contributed by atoms with Crippen molar-refractivity contribution in [2.24, 2.45) is 5.92 Å². The van der Waals surface area contributed by atoms with Crippen LogP contribution in [0.25, 0.3) is 0 Å². The lowest BCUT2D eigenvalue weighted by Gasteiger charge is -2.10. The lowest BCUT2D eigenvalue weighted by atomic mass is 10.1. The van der Waals surface area contributed by atoms with E-state index in [1.807, 2.05) is 12.2 Å². The van der Waals surface area contributed by atoms with Crippen LogP contribution in [0.4, 0.5) is 0 Å². The second-order valence-corrected chi connectivity index (χ2v) is 5.60. The minimum atomic E-state index is -0.0397. The number of hydrogen-bond acceptors (Lipinski definition) is 2. The Balaban J connectivity index is 3.31. The summed E-state index contributed by atoms with van der Waals surface area (Å²) >= 11 is 0. The molecular weight excluding hydrogens is 248 g/mol. The molecule has 0 fully saturated rings. The molecule has 1 atom stereocenters. The maximum Gasteiger partial charge on any atom is 0.305 e. The molecule has 0 saturated heterocycles. The van der Waals surface area contributed by atoms with Gasteiger partial charge in [-0.05, 0) is 38.0 Å². The van der Waals surface area contributed by atoms with Crippen molar-refractivity contribution in [2.75, 3.05) is 6.61 Å². The molecule has 0 bridgehead atoms. The number of hydrogen-bond donors (Lipinski definition) is 0. The SMILES string of the molecule is C=CCCCCCCCCC(=O)OCC(C)CCC=C. The Labute approximate surface area is 125 Å². The van der Waals surface area contributed by atoms with Crippen LogP contribution in [-0.4, -0.2) is 12.6 Å². The number of unbranched alkanes of at least 4 members (excludes halogenated alkanes) is 6. The van der Waals surface area contributed by atoms with Crippen LogP contribution in [-0.2, 0) is 9.53 Å². The molecule has 0 radical (unpaired) electrons. The predicted octanol–water partition coefficient (Wildman–Crippen LogP) is 5.44. The molecule has 0 aromatic rings. The fourth-order valence-corrected chi connectivity index (χ4v) is 2.06. The molecule has 20 heavy (non-hydrogen) atoms. The number of rotatable bonds is 14. The van der Waals surface area contributed by atoms with Crippen molar-refractivity contribution in [3.63, 3.8) is 0 Å². The first-order chi connectivity index (χ1) is 9.70. The summed E-state index contributed by atoms with van der Waals surface area (Å²) in [5, 5.41) is 0. The van der Waals surface area contributed by atoms with E-state index in [2.05, 4.69) is 20.1 Å². The smallest absolute Gasteiger partial charge is 0.305 e. The van der Waals surface area contributed by atoms with Crippen LogP contribution < -0.4 is 0 Å². The lowest BCUT2D eigenvalue weighted by molar-refractivity contribution is -0.145. The third-order valence-electron chi connectivity index (χ3n) is 3.43. The first-order valence-electron chi connectivity index (χ1n) is 8.08. The molecular formula is C18H32O2. The van der Waals surface area contributed by atoms with E-state index < -0.39 is 0 Å². The van der Waals surface area contributed by atoms with E-state index in [0.717, 1.165) is 32.1 Å². The maximum absolute atomic E-state index is 11.5. The molecule has 0 aromatic carbocycles. The quantitative estimate of drug-likeness (QED) is 0.241. The summed E-state index contributed by atoms with van der Waals surface area (Å²) in [4.78, 5) is 11.5. The van der Waals surface area contributed by atoms with Gasteiger partial charge in [0.1, 0.15) is 0 Å². The number of carbonyl (C=O) groups is 1. The first kappa shape index (κ1) is 18.9. The zero-order valence-electron chi connectivity index (χ0n) is 13.2. The van der Waals surface area contributed by atoms with E-state index in [1.165, 1.54) is 25.7 Å². The van der Waals surface area contributed by atoms with Crippen molar-refractivity contribution in [1.82, 2.24) is 0 Å². The van der Waals surface area contributed by atoms with Gasteiger partial charge in [-0.25, -0.2) is 0 Å². The minimum absolute atomic E-state index is 0.0397. The zero-order chi connectivity index (χ0) is 15.1. The molecule has 0 aliphatic rings. The fraction of sp³-hybridized carbons (Fsp3) is 0.722. The van der Waals surface area contributed by atoms with Gasteiger partial charge in [-0.2, -0.15) is 0 Å². The van der Waals surface area contributed by atoms with Gasteiger partial charge >= 0.3 is 5.97 Å². The Kier molecular flexibility index (Phi) is 13.6. The van der Waals surface area contributed by atoms with Crippen LogP contribution in [0, 0.1) is 5.92 Å². The average molecular weight is 280 g/mol. The Morgan fingerprint density at radius 1 is 1.00 bits per heavy atom. The third-order valence-corrected chi connectivity index (χ3v) is 3.43. The summed E-state index contributed by atoms with van der Waals surface area (Å²) in [6.07, 6.45) is 14.7. The molecule has 0 heterocycles. The molecule has 2 nitrogen and oxygen atoms in total. The van der Waals surface area contributed by atoms with Gasteiger partial charge in [0.05, 0.1) is 6.61 Å². The van der Waals surface area contributed by atoms with E-state index in [9.17, 15) is 4.79 Å². The van der Waals surface area contributed by atoms with Crippen LogP contribution in [0.1, 0.15) is 71.1 Å². The van der Waals surface area contributed by atoms with Crippen LogP contribution >= 0.6 is 0 Å². The van der Waals surface area contributed by atoms with Gasteiger partial charge in [0, 0.05) is 6.42 Å². The van der Waals surface area contributed by atoms with Crippen molar-refractivity contribution in [3.05, 3.63) is 25.3 Å². The van der Waals surface area contributed by atoms with Gasteiger partial charge < -0.3 is 4.74 Å². The topological polar surface area (TPSA) is 26.3 Å². The van der Waals surface area contributed by atoms with E-state index in [0.29, 0.717) is 18.9 Å². The predicted molar refractivity (Wildman–Crippen MR) is 86.7 cm³/mol. The molecule has 0 N–H and O–H groups in total. The zero-order valence-corrected chi connectivity index (χ0v) is 13.2. The summed E-state index contributed by atoms with van der Waals surface area (Å²) in [5.74, 6) is 0.393. The largest absolute Gasteiger partial charge is 0.465 e. The molecule has 0 saturated carbocycles. The fourth-order valence-electron chi connectivity index (χ4n) is 2.06. The summed E-state index contributed by atoms with van der Waals surface area (Å²) in [6, 6.07) is 0. The van der Waals surface area contributed by atoms with Crippen LogP contribution in [0.2, 0.25) is 0 Å². The Bertz CT molecular complexity index is 258. The van der Waals surface area contributed by atoms with Gasteiger partial charge in [0.2, 0.25) is 0 Å². The molecule has 0 aliphatic heterocycles. The van der Waals surface area contributed by atoms with Gasteiger partial charge in [0.25, 0.3) is 0 Å². The van der Waals surface area contributed by atoms with E-state index in [1.54, 1.807) is 0 Å². The molecule has 116 valence electrons. The van der Waals surface area contributed by atoms with Gasteiger partial charge in [0.15, 0.2) is 0 Å². The standard InChI is InChI=1S/C18H32O2/c1-4-6-8-9-10-11-12-13-15-18(19)20-16-17(3)14-7-5-2/h4-5,17H,1-2,6-16H2,3H3. The Morgan fingerprint density at radius 2 is 1.60 bits per heavy atom. The van der Waals surface area contributed by atoms with Gasteiger partial charge in [-0.3, -0.25) is 4.79 Å². The average Bonchev–Trinajstić information content (AvgIpc) is 2.45. The lowest BCUT2D eigenvalue weighted by Crippen LogP contribution is -2.11. The summed E-state index contributed by atoms with van der Waals surface area (Å²) in [6.45, 7) is 10.1. The van der Waals surface area contributed by atoms with Crippen LogP contribution in [0.3, 0.4) is 0 Å². The number of carbonyl (C=O) groups excluding carboxylic acids is 1. The van der Waals surface area contributed by atoms with Gasteiger partial charge in [-0.15, -0.1) is 13.2 Å². The highest BCUT2D eigenvalue weighted by Crippen LogP contribution is 2.10. The molecule has 1 unspecified atom stereocenters. The second kappa shape index (κ2) is 14.4. The number of esters is 1. The van der Waals surface area contributed by atoms with Crippen molar-refractivity contribution >= 4 is 5.97 Å². The molecule has 0 rings (SSSR count). The summed E-state index contributed by atoms with van der Waals surface area (Å²) in [5.41, 5.74) is 0. The monoisotopic (exact) mass is 280 g/mol. The molecule has 0 aromatic heterocycles. The van der Waals surface area contributed by atoms with Gasteiger partial charge in [-0.1, -0.05) is 44.8 Å². The summed E-state index contributed by atoms with van der Waals surface area (Å²) < 4.78 is 5.28. The number of allylic oxidation sites excluding steroid dienone is 2. The van der Waals surface area contributed by atoms with E-state index in [4.69, 9.17) is 4.74 Å². The normalized spacial score (nSPS) is 11.8. The van der Waals surface area contributed by atoms with E-state index in [-0.39, 0.29) is 5.97 Å². The van der Waals surface area contributed by atoms with Crippen molar-refractivity contribution in [1.29, 1.82) is 0 Å². The first-order valence-corrected chi connectivity index (χ1v) is 8.08. The second-order valence-electron chi connectivity index (χ2n) is 5.60. The molecule has 2 heteroatoms. The molecule has 0 spiro atoms. The van der Waals surface area contributed by atoms with Crippen LogP contribution in [0.5, 0.6) is 0 Å². The minimum Gasteiger partial charge on any atom is -0.465 e. The third kappa shape index (κ3) is 13.4. The summed E-state index contributed by atoms with van der Waals surface area (Å²) in [7, 11) is 0. The highest BCUT2D eigenvalue weighted by molar-refractivity contribution is 5.69. The number of ether oxygens (including phenoxy) is 1. The Hall–Kier alpha value is -1.05. The van der Waals surface area contributed by atoms with Crippen molar-refractivity contribution < 1.29 is 9.53 Å². The maximum atomic E-state index is 11.5. The van der Waals surface area contributed by atoms with Crippen molar-refractivity contribution in [2.45, 2.75) is 71.1 Å². The molecule has 0 amide bonds. The molecule has 0 aliphatic carbocycles. The van der Waals surface area contributed by atoms with Crippen molar-refractivity contribution in [3.8, 4) is 0 Å². The van der Waals surface area contributed by atoms with Crippen LogP contribution in [0.15, 0.2) is 25.3 Å². The van der Waals surface area contributed by atoms with E-state index >= 15 is 0 Å². The highest BCUT2D eigenvalue weighted by Gasteiger charge is 2.06.